The van der Waals surface area contributed by atoms with Crippen LogP contribution in [0.4, 0.5) is 9.18 Å². The summed E-state index contributed by atoms with van der Waals surface area (Å²) in [5.74, 6) is -4.01. The van der Waals surface area contributed by atoms with Gasteiger partial charge in [-0.2, -0.15) is 0 Å². The van der Waals surface area contributed by atoms with Crippen molar-refractivity contribution in [3.05, 3.63) is 47.3 Å². The fraction of sp³-hybridized carbons (Fsp3) is 0.480. The number of alkyl halides is 1. The molecule has 2 aromatic rings. The van der Waals surface area contributed by atoms with Crippen LogP contribution in [0.25, 0.3) is 0 Å². The zero-order valence-corrected chi connectivity index (χ0v) is 21.2. The fourth-order valence-electron chi connectivity index (χ4n) is 3.68. The molecule has 39 heavy (non-hydrogen) atoms. The Morgan fingerprint density at radius 2 is 1.54 bits per heavy atom. The van der Waals surface area contributed by atoms with Gasteiger partial charge in [0.2, 0.25) is 0 Å². The number of nitrogens with zero attached hydrogens (tertiary/aromatic N) is 3. The van der Waals surface area contributed by atoms with E-state index in [1.54, 1.807) is 35.1 Å². The number of Topliss-reactive ketones (excluding diaryl/α,β-unsaturated/α-hetero) is 1. The highest BCUT2D eigenvalue weighted by molar-refractivity contribution is 5.86. The second-order valence-electron chi connectivity index (χ2n) is 8.94. The standard InChI is InChI=1S/C25H32FN5O8/c26-11-1-3-18-15-31(30-29-18)12-2-4-19(32)13-16-5-7-17(8-6-16)14-21(24(37)38)28-25(39)27-20(23(35)36)9-10-22(33)34/h5-8,15,20-21H,1-4,9-14H2,(H,33,34)(H,35,36)(H,37,38)(H2,27,28,39)/t20-,21-/m0/s1. The number of aryl methyl sites for hydroxylation is 2. The van der Waals surface area contributed by atoms with Crippen molar-refractivity contribution in [2.24, 2.45) is 0 Å². The first-order valence-corrected chi connectivity index (χ1v) is 12.4. The molecular weight excluding hydrogens is 517 g/mol. The van der Waals surface area contributed by atoms with E-state index in [4.69, 9.17) is 10.2 Å². The third-order valence-corrected chi connectivity index (χ3v) is 5.71. The number of aliphatic carboxylic acids is 3. The number of hydrogen-bond acceptors (Lipinski definition) is 7. The summed E-state index contributed by atoms with van der Waals surface area (Å²) < 4.78 is 13.9. The normalized spacial score (nSPS) is 12.3. The van der Waals surface area contributed by atoms with Crippen molar-refractivity contribution in [2.75, 3.05) is 6.67 Å². The average molecular weight is 550 g/mol. The molecule has 0 aliphatic heterocycles. The number of benzene rings is 1. The van der Waals surface area contributed by atoms with Gasteiger partial charge < -0.3 is 26.0 Å². The lowest BCUT2D eigenvalue weighted by Crippen LogP contribution is -2.51. The van der Waals surface area contributed by atoms with Crippen molar-refractivity contribution in [3.63, 3.8) is 0 Å². The van der Waals surface area contributed by atoms with Crippen molar-refractivity contribution >= 4 is 29.7 Å². The topological polar surface area (TPSA) is 201 Å². The Balaban J connectivity index is 1.82. The number of halogens is 1. The molecule has 212 valence electrons. The number of carboxylic acids is 3. The molecule has 0 aliphatic rings. The first kappa shape index (κ1) is 30.9. The lowest BCUT2D eigenvalue weighted by molar-refractivity contribution is -0.140. The van der Waals surface area contributed by atoms with E-state index < -0.39 is 49.1 Å². The molecule has 13 nitrogen and oxygen atoms in total. The molecule has 2 atom stereocenters. The molecule has 0 bridgehead atoms. The SMILES string of the molecule is O=C(O)CC[C@H](NC(=O)N[C@@H](Cc1ccc(CC(=O)CCCn2cc(CCCF)nn2)cc1)C(=O)O)C(=O)O. The van der Waals surface area contributed by atoms with E-state index in [2.05, 4.69) is 20.9 Å². The van der Waals surface area contributed by atoms with E-state index in [1.165, 1.54) is 0 Å². The molecule has 14 heteroatoms. The maximum atomic E-state index is 12.3. The zero-order chi connectivity index (χ0) is 28.8. The number of amides is 2. The third kappa shape index (κ3) is 11.7. The predicted octanol–water partition coefficient (Wildman–Crippen LogP) is 1.39. The lowest BCUT2D eigenvalue weighted by Gasteiger charge is -2.18. The second-order valence-corrected chi connectivity index (χ2v) is 8.94. The van der Waals surface area contributed by atoms with Crippen LogP contribution in [0.2, 0.25) is 0 Å². The highest BCUT2D eigenvalue weighted by Crippen LogP contribution is 2.10. The van der Waals surface area contributed by atoms with Gasteiger partial charge in [0.15, 0.2) is 0 Å². The maximum Gasteiger partial charge on any atom is 0.326 e. The van der Waals surface area contributed by atoms with Gasteiger partial charge in [0, 0.05) is 38.4 Å². The highest BCUT2D eigenvalue weighted by Gasteiger charge is 2.25. The zero-order valence-electron chi connectivity index (χ0n) is 21.2. The van der Waals surface area contributed by atoms with Crippen molar-refractivity contribution < 1.29 is 43.7 Å². The second kappa shape index (κ2) is 15.8. The largest absolute Gasteiger partial charge is 0.481 e. The highest BCUT2D eigenvalue weighted by atomic mass is 19.1. The van der Waals surface area contributed by atoms with Crippen LogP contribution in [0.5, 0.6) is 0 Å². The van der Waals surface area contributed by atoms with Crippen molar-refractivity contribution in [1.82, 2.24) is 25.6 Å². The van der Waals surface area contributed by atoms with Crippen LogP contribution in [-0.2, 0) is 45.0 Å². The summed E-state index contributed by atoms with van der Waals surface area (Å²) in [6.45, 7) is 0.0975. The Kier molecular flexibility index (Phi) is 12.5. The Bertz CT molecular complexity index is 1140. The molecule has 0 saturated carbocycles. The van der Waals surface area contributed by atoms with Crippen LogP contribution < -0.4 is 10.6 Å². The van der Waals surface area contributed by atoms with Gasteiger partial charge in [-0.3, -0.25) is 18.7 Å². The van der Waals surface area contributed by atoms with Crippen molar-refractivity contribution in [3.8, 4) is 0 Å². The van der Waals surface area contributed by atoms with Crippen molar-refractivity contribution in [2.45, 2.75) is 70.0 Å². The number of nitrogens with one attached hydrogen (secondary N) is 2. The number of ketones is 1. The van der Waals surface area contributed by atoms with Gasteiger partial charge in [0.25, 0.3) is 0 Å². The molecule has 0 aliphatic carbocycles. The number of urea groups is 1. The lowest BCUT2D eigenvalue weighted by atomic mass is 10.0. The minimum atomic E-state index is -1.49. The molecular formula is C25H32FN5O8. The van der Waals surface area contributed by atoms with E-state index in [-0.39, 0.29) is 25.0 Å². The number of hydrogen-bond donors (Lipinski definition) is 5. The summed E-state index contributed by atoms with van der Waals surface area (Å²) in [4.78, 5) is 58.0. The maximum absolute atomic E-state index is 12.3. The van der Waals surface area contributed by atoms with E-state index >= 15 is 0 Å². The van der Waals surface area contributed by atoms with Crippen LogP contribution in [0.1, 0.15) is 48.9 Å². The molecule has 2 amide bonds. The van der Waals surface area contributed by atoms with Gasteiger partial charge in [-0.15, -0.1) is 5.10 Å². The van der Waals surface area contributed by atoms with E-state index in [1.807, 2.05) is 0 Å². The van der Waals surface area contributed by atoms with Gasteiger partial charge in [-0.25, -0.2) is 14.4 Å². The summed E-state index contributed by atoms with van der Waals surface area (Å²) >= 11 is 0. The minimum absolute atomic E-state index is 0.0122. The Morgan fingerprint density at radius 3 is 2.15 bits per heavy atom. The Morgan fingerprint density at radius 1 is 0.897 bits per heavy atom. The first-order valence-electron chi connectivity index (χ1n) is 12.4. The van der Waals surface area contributed by atoms with Crippen LogP contribution in [0.3, 0.4) is 0 Å². The van der Waals surface area contributed by atoms with E-state index in [0.29, 0.717) is 43.5 Å². The number of carbonyl (C=O) groups excluding carboxylic acids is 2. The molecule has 0 fully saturated rings. The van der Waals surface area contributed by atoms with Crippen molar-refractivity contribution in [1.29, 1.82) is 0 Å². The molecule has 5 N–H and O–H groups in total. The molecule has 0 unspecified atom stereocenters. The fourth-order valence-corrected chi connectivity index (χ4v) is 3.68. The average Bonchev–Trinajstić information content (AvgIpc) is 3.33. The van der Waals surface area contributed by atoms with Gasteiger partial charge in [0.1, 0.15) is 17.9 Å². The smallest absolute Gasteiger partial charge is 0.326 e. The monoisotopic (exact) mass is 549 g/mol. The van der Waals surface area contributed by atoms with Crippen LogP contribution in [0.15, 0.2) is 30.5 Å². The number of carboxylic acid groups (broad SMARTS) is 3. The van der Waals surface area contributed by atoms with Gasteiger partial charge in [0.05, 0.1) is 12.4 Å². The van der Waals surface area contributed by atoms with E-state index in [9.17, 15) is 33.5 Å². The number of aromatic nitrogens is 3. The Hall–Kier alpha value is -4.36. The molecule has 0 saturated heterocycles. The summed E-state index contributed by atoms with van der Waals surface area (Å²) in [6, 6.07) is 2.73. The minimum Gasteiger partial charge on any atom is -0.481 e. The van der Waals surface area contributed by atoms with Crippen LogP contribution >= 0.6 is 0 Å². The summed E-state index contributed by atoms with van der Waals surface area (Å²) in [7, 11) is 0. The summed E-state index contributed by atoms with van der Waals surface area (Å²) in [6.07, 6.45) is 2.78. The van der Waals surface area contributed by atoms with Gasteiger partial charge in [-0.1, -0.05) is 29.5 Å². The quantitative estimate of drug-likeness (QED) is 0.181. The van der Waals surface area contributed by atoms with Crippen LogP contribution in [-0.4, -0.2) is 78.8 Å². The molecule has 0 radical (unpaired) electrons. The third-order valence-electron chi connectivity index (χ3n) is 5.71. The Labute approximate surface area is 223 Å². The van der Waals surface area contributed by atoms with Crippen LogP contribution in [0, 0.1) is 0 Å². The molecule has 1 aromatic carbocycles. The first-order chi connectivity index (χ1) is 18.6. The summed E-state index contributed by atoms with van der Waals surface area (Å²) in [5.41, 5.74) is 2.01. The molecule has 0 spiro atoms. The molecule has 1 heterocycles. The van der Waals surface area contributed by atoms with Gasteiger partial charge in [-0.05, 0) is 36.8 Å². The number of rotatable bonds is 18. The predicted molar refractivity (Wildman–Crippen MR) is 134 cm³/mol. The number of carbonyl (C=O) groups is 5. The van der Waals surface area contributed by atoms with E-state index in [0.717, 1.165) is 5.56 Å². The molecule has 1 aromatic heterocycles. The molecule has 2 rings (SSSR count). The van der Waals surface area contributed by atoms with Gasteiger partial charge >= 0.3 is 23.9 Å². The summed E-state index contributed by atoms with van der Waals surface area (Å²) in [5, 5.41) is 39.5.